The Morgan fingerprint density at radius 1 is 1.64 bits per heavy atom. The quantitative estimate of drug-likeness (QED) is 0.639. The van der Waals surface area contributed by atoms with Crippen molar-refractivity contribution in [3.8, 4) is 0 Å². The molecule has 4 nitrogen and oxygen atoms in total. The number of halogens is 1. The van der Waals surface area contributed by atoms with Crippen molar-refractivity contribution in [2.75, 3.05) is 24.7 Å². The fraction of sp³-hybridized carbons (Fsp3) is 0.222. The van der Waals surface area contributed by atoms with Crippen LogP contribution < -0.4 is 11.1 Å². The molecule has 5 heteroatoms. The van der Waals surface area contributed by atoms with Gasteiger partial charge in [0, 0.05) is 4.47 Å². The van der Waals surface area contributed by atoms with Gasteiger partial charge in [0.05, 0.1) is 18.5 Å². The first-order valence-electron chi connectivity index (χ1n) is 3.99. The van der Waals surface area contributed by atoms with Crippen LogP contribution >= 0.6 is 15.9 Å². The van der Waals surface area contributed by atoms with Gasteiger partial charge in [0.25, 0.3) is 0 Å². The number of esters is 1. The van der Waals surface area contributed by atoms with Crippen molar-refractivity contribution in [3.63, 3.8) is 0 Å². The van der Waals surface area contributed by atoms with Crippen LogP contribution in [0, 0.1) is 0 Å². The molecule has 0 radical (unpaired) electrons. The monoisotopic (exact) mass is 258 g/mol. The molecule has 0 atom stereocenters. The molecule has 1 aromatic rings. The van der Waals surface area contributed by atoms with Gasteiger partial charge >= 0.3 is 5.97 Å². The Morgan fingerprint density at radius 2 is 2.36 bits per heavy atom. The zero-order chi connectivity index (χ0) is 10.6. The average Bonchev–Trinajstić information content (AvgIpc) is 2.16. The van der Waals surface area contributed by atoms with Crippen molar-refractivity contribution < 1.29 is 9.53 Å². The lowest BCUT2D eigenvalue weighted by Gasteiger charge is -2.07. The first-order chi connectivity index (χ1) is 6.63. The Hall–Kier alpha value is -1.23. The molecule has 0 unspecified atom stereocenters. The number of hydrogen-bond donors (Lipinski definition) is 2. The summed E-state index contributed by atoms with van der Waals surface area (Å²) in [5.74, 6) is -0.327. The minimum atomic E-state index is -0.327. The van der Waals surface area contributed by atoms with Crippen molar-refractivity contribution in [1.82, 2.24) is 0 Å². The molecule has 0 saturated heterocycles. The third-order valence-corrected chi connectivity index (χ3v) is 2.16. The molecule has 0 fully saturated rings. The molecule has 0 heterocycles. The van der Waals surface area contributed by atoms with E-state index < -0.39 is 0 Å². The molecule has 0 aliphatic rings. The number of nitrogens with one attached hydrogen (secondary N) is 1. The van der Waals surface area contributed by atoms with Gasteiger partial charge in [-0.15, -0.1) is 0 Å². The van der Waals surface area contributed by atoms with E-state index in [1.165, 1.54) is 7.11 Å². The Labute approximate surface area is 90.6 Å². The van der Waals surface area contributed by atoms with E-state index in [2.05, 4.69) is 26.0 Å². The largest absolute Gasteiger partial charge is 0.468 e. The molecule has 3 N–H and O–H groups in total. The molecule has 1 aromatic carbocycles. The van der Waals surface area contributed by atoms with Crippen LogP contribution in [0.4, 0.5) is 11.4 Å². The van der Waals surface area contributed by atoms with E-state index in [9.17, 15) is 4.79 Å². The summed E-state index contributed by atoms with van der Waals surface area (Å²) in [6.07, 6.45) is 0. The van der Waals surface area contributed by atoms with Gasteiger partial charge in [-0.1, -0.05) is 15.9 Å². The molecule has 0 spiro atoms. The standard InChI is InChI=1S/C9H11BrN2O2/c1-14-9(13)5-12-8-3-2-6(10)4-7(8)11/h2-4,12H,5,11H2,1H3. The van der Waals surface area contributed by atoms with E-state index in [0.29, 0.717) is 5.69 Å². The summed E-state index contributed by atoms with van der Waals surface area (Å²) in [6.45, 7) is 0.113. The molecule has 0 aromatic heterocycles. The minimum Gasteiger partial charge on any atom is -0.468 e. The molecule has 0 amide bonds. The molecule has 0 saturated carbocycles. The van der Waals surface area contributed by atoms with Gasteiger partial charge in [0.2, 0.25) is 0 Å². The Bertz CT molecular complexity index is 342. The number of ether oxygens (including phenoxy) is 1. The lowest BCUT2D eigenvalue weighted by Crippen LogP contribution is -2.15. The second-order valence-corrected chi connectivity index (χ2v) is 3.58. The number of carbonyl (C=O) groups excluding carboxylic acids is 1. The number of anilines is 2. The summed E-state index contributed by atoms with van der Waals surface area (Å²) in [5, 5.41) is 2.87. The number of rotatable bonds is 3. The van der Waals surface area contributed by atoms with E-state index in [1.54, 1.807) is 12.1 Å². The fourth-order valence-electron chi connectivity index (χ4n) is 0.934. The number of methoxy groups -OCH3 is 1. The summed E-state index contributed by atoms with van der Waals surface area (Å²) in [7, 11) is 1.34. The Morgan fingerprint density at radius 3 is 2.93 bits per heavy atom. The lowest BCUT2D eigenvalue weighted by molar-refractivity contribution is -0.138. The van der Waals surface area contributed by atoms with E-state index in [-0.39, 0.29) is 12.5 Å². The van der Waals surface area contributed by atoms with E-state index >= 15 is 0 Å². The lowest BCUT2D eigenvalue weighted by atomic mass is 10.3. The topological polar surface area (TPSA) is 64.3 Å². The minimum absolute atomic E-state index is 0.113. The van der Waals surface area contributed by atoms with E-state index in [0.717, 1.165) is 10.2 Å². The van der Waals surface area contributed by atoms with Crippen LogP contribution in [0.1, 0.15) is 0 Å². The summed E-state index contributed by atoms with van der Waals surface area (Å²) in [5.41, 5.74) is 7.01. The number of nitrogen functional groups attached to an aromatic ring is 1. The van der Waals surface area contributed by atoms with E-state index in [4.69, 9.17) is 5.73 Å². The SMILES string of the molecule is COC(=O)CNc1ccc(Br)cc1N. The van der Waals surface area contributed by atoms with Crippen LogP contribution in [0.3, 0.4) is 0 Å². The third kappa shape index (κ3) is 2.92. The predicted octanol–water partition coefficient (Wildman–Crippen LogP) is 1.62. The predicted molar refractivity (Wildman–Crippen MR) is 59.1 cm³/mol. The Balaban J connectivity index is 2.63. The van der Waals surface area contributed by atoms with Gasteiger partial charge in [-0.2, -0.15) is 0 Å². The van der Waals surface area contributed by atoms with Gasteiger partial charge in [0.1, 0.15) is 6.54 Å². The first-order valence-corrected chi connectivity index (χ1v) is 4.78. The van der Waals surface area contributed by atoms with Crippen LogP contribution in [-0.2, 0) is 9.53 Å². The van der Waals surface area contributed by atoms with Crippen LogP contribution in [-0.4, -0.2) is 19.6 Å². The van der Waals surface area contributed by atoms with Crippen molar-refractivity contribution in [2.24, 2.45) is 0 Å². The smallest absolute Gasteiger partial charge is 0.325 e. The molecule has 0 aliphatic carbocycles. The second kappa shape index (κ2) is 4.85. The van der Waals surface area contributed by atoms with Crippen molar-refractivity contribution in [3.05, 3.63) is 22.7 Å². The molecule has 1 rings (SSSR count). The Kier molecular flexibility index (Phi) is 3.76. The maximum absolute atomic E-state index is 10.8. The molecule has 0 aliphatic heterocycles. The van der Waals surface area contributed by atoms with Gasteiger partial charge < -0.3 is 15.8 Å². The molecular weight excluding hydrogens is 248 g/mol. The number of nitrogens with two attached hydrogens (primary N) is 1. The van der Waals surface area contributed by atoms with Crippen molar-refractivity contribution in [1.29, 1.82) is 0 Å². The highest BCUT2D eigenvalue weighted by Gasteiger charge is 2.02. The maximum atomic E-state index is 10.8. The van der Waals surface area contributed by atoms with Crippen molar-refractivity contribution >= 4 is 33.3 Å². The van der Waals surface area contributed by atoms with Gasteiger partial charge in [-0.3, -0.25) is 4.79 Å². The normalized spacial score (nSPS) is 9.57. The zero-order valence-electron chi connectivity index (χ0n) is 7.71. The molecular formula is C9H11BrN2O2. The fourth-order valence-corrected chi connectivity index (χ4v) is 1.31. The van der Waals surface area contributed by atoms with Crippen LogP contribution in [0.15, 0.2) is 22.7 Å². The number of benzene rings is 1. The van der Waals surface area contributed by atoms with Crippen LogP contribution in [0.2, 0.25) is 0 Å². The van der Waals surface area contributed by atoms with Gasteiger partial charge in [-0.25, -0.2) is 0 Å². The number of carbonyl (C=O) groups is 1. The summed E-state index contributed by atoms with van der Waals surface area (Å²) in [4.78, 5) is 10.8. The highest BCUT2D eigenvalue weighted by molar-refractivity contribution is 9.10. The molecule has 0 bridgehead atoms. The summed E-state index contributed by atoms with van der Waals surface area (Å²) in [6, 6.07) is 5.40. The first kappa shape index (κ1) is 10.8. The highest BCUT2D eigenvalue weighted by Crippen LogP contribution is 2.22. The average molecular weight is 259 g/mol. The second-order valence-electron chi connectivity index (χ2n) is 2.66. The molecule has 14 heavy (non-hydrogen) atoms. The number of hydrogen-bond acceptors (Lipinski definition) is 4. The van der Waals surface area contributed by atoms with Crippen LogP contribution in [0.5, 0.6) is 0 Å². The van der Waals surface area contributed by atoms with Crippen LogP contribution in [0.25, 0.3) is 0 Å². The summed E-state index contributed by atoms with van der Waals surface area (Å²) >= 11 is 3.29. The molecule has 76 valence electrons. The maximum Gasteiger partial charge on any atom is 0.325 e. The van der Waals surface area contributed by atoms with Gasteiger partial charge in [0.15, 0.2) is 0 Å². The van der Waals surface area contributed by atoms with E-state index in [1.807, 2.05) is 6.07 Å². The summed E-state index contributed by atoms with van der Waals surface area (Å²) < 4.78 is 5.39. The zero-order valence-corrected chi connectivity index (χ0v) is 9.30. The van der Waals surface area contributed by atoms with Gasteiger partial charge in [-0.05, 0) is 18.2 Å². The third-order valence-electron chi connectivity index (χ3n) is 1.66. The van der Waals surface area contributed by atoms with Crippen molar-refractivity contribution in [2.45, 2.75) is 0 Å². The highest BCUT2D eigenvalue weighted by atomic mass is 79.9.